The van der Waals surface area contributed by atoms with Gasteiger partial charge < -0.3 is 15.3 Å². The van der Waals surface area contributed by atoms with Gasteiger partial charge in [-0.15, -0.1) is 0 Å². The van der Waals surface area contributed by atoms with Gasteiger partial charge in [-0.2, -0.15) is 0 Å². The van der Waals surface area contributed by atoms with E-state index in [0.29, 0.717) is 11.0 Å². The van der Waals surface area contributed by atoms with Crippen LogP contribution < -0.4 is 5.32 Å². The summed E-state index contributed by atoms with van der Waals surface area (Å²) in [7, 11) is 0. The number of rotatable bonds is 5. The predicted molar refractivity (Wildman–Crippen MR) is 87.1 cm³/mol. The average molecular weight is 367 g/mol. The molecule has 0 saturated carbocycles. The summed E-state index contributed by atoms with van der Waals surface area (Å²) in [4.78, 5) is 13.7. The third kappa shape index (κ3) is 4.54. The van der Waals surface area contributed by atoms with Gasteiger partial charge in [-0.3, -0.25) is 0 Å². The van der Waals surface area contributed by atoms with Crippen LogP contribution in [0, 0.1) is 5.82 Å². The lowest BCUT2D eigenvalue weighted by Gasteiger charge is -2.22. The van der Waals surface area contributed by atoms with Crippen molar-refractivity contribution in [2.24, 2.45) is 0 Å². The van der Waals surface area contributed by atoms with Gasteiger partial charge >= 0.3 is 6.03 Å². The van der Waals surface area contributed by atoms with Crippen molar-refractivity contribution in [3.63, 3.8) is 0 Å². The van der Waals surface area contributed by atoms with E-state index < -0.39 is 11.8 Å². The van der Waals surface area contributed by atoms with Crippen LogP contribution in [0.25, 0.3) is 0 Å². The van der Waals surface area contributed by atoms with E-state index in [2.05, 4.69) is 21.2 Å². The van der Waals surface area contributed by atoms with E-state index in [4.69, 9.17) is 5.11 Å². The summed E-state index contributed by atoms with van der Waals surface area (Å²) in [5.41, 5.74) is 1.03. The van der Waals surface area contributed by atoms with E-state index in [9.17, 15) is 9.18 Å². The van der Waals surface area contributed by atoms with Crippen LogP contribution in [0.1, 0.15) is 5.56 Å². The highest BCUT2D eigenvalue weighted by Gasteiger charge is 2.15. The normalized spacial score (nSPS) is 10.3. The first-order valence-electron chi connectivity index (χ1n) is 6.76. The number of hydrogen-bond acceptors (Lipinski definition) is 2. The maximum Gasteiger partial charge on any atom is 0.322 e. The lowest BCUT2D eigenvalue weighted by molar-refractivity contribution is 0.185. The van der Waals surface area contributed by atoms with E-state index >= 15 is 0 Å². The summed E-state index contributed by atoms with van der Waals surface area (Å²) in [6.45, 7) is 0.341. The van der Waals surface area contributed by atoms with Crippen molar-refractivity contribution < 1.29 is 14.3 Å². The number of halogens is 2. The van der Waals surface area contributed by atoms with Crippen molar-refractivity contribution in [1.29, 1.82) is 0 Å². The molecule has 0 aliphatic carbocycles. The van der Waals surface area contributed by atoms with Gasteiger partial charge in [0.05, 0.1) is 12.3 Å². The fraction of sp³-hybridized carbons (Fsp3) is 0.188. The summed E-state index contributed by atoms with van der Waals surface area (Å²) < 4.78 is 14.4. The van der Waals surface area contributed by atoms with Crippen molar-refractivity contribution in [3.8, 4) is 0 Å². The van der Waals surface area contributed by atoms with Gasteiger partial charge in [0, 0.05) is 17.6 Å². The Morgan fingerprint density at radius 3 is 2.59 bits per heavy atom. The third-order valence-electron chi connectivity index (χ3n) is 3.05. The van der Waals surface area contributed by atoms with Gasteiger partial charge in [-0.25, -0.2) is 9.18 Å². The van der Waals surface area contributed by atoms with Crippen LogP contribution in [0.15, 0.2) is 53.0 Å². The molecular formula is C16H16BrFN2O2. The first kappa shape index (κ1) is 16.5. The highest BCUT2D eigenvalue weighted by molar-refractivity contribution is 9.10. The molecule has 0 saturated heterocycles. The first-order valence-corrected chi connectivity index (χ1v) is 7.55. The average Bonchev–Trinajstić information content (AvgIpc) is 2.50. The SMILES string of the molecule is O=C(Nc1ccc(Br)cc1F)N(CCO)Cc1ccccc1. The Kier molecular flexibility index (Phi) is 5.91. The number of nitrogens with zero attached hydrogens (tertiary/aromatic N) is 1. The van der Waals surface area contributed by atoms with Crippen LogP contribution in [0.5, 0.6) is 0 Å². The Bertz CT molecular complexity index is 637. The number of benzene rings is 2. The predicted octanol–water partition coefficient (Wildman–Crippen LogP) is 3.61. The minimum absolute atomic E-state index is 0.101. The van der Waals surface area contributed by atoms with Crippen molar-refractivity contribution in [1.82, 2.24) is 4.90 Å². The summed E-state index contributed by atoms with van der Waals surface area (Å²) in [5.74, 6) is -0.522. The zero-order valence-corrected chi connectivity index (χ0v) is 13.4. The Hall–Kier alpha value is -1.92. The van der Waals surface area contributed by atoms with Gasteiger partial charge in [0.2, 0.25) is 0 Å². The number of carbonyl (C=O) groups is 1. The Morgan fingerprint density at radius 2 is 1.95 bits per heavy atom. The monoisotopic (exact) mass is 366 g/mol. The van der Waals surface area contributed by atoms with Gasteiger partial charge in [-0.1, -0.05) is 46.3 Å². The summed E-state index contributed by atoms with van der Waals surface area (Å²) in [6.07, 6.45) is 0. The number of amides is 2. The van der Waals surface area contributed by atoms with Crippen LogP contribution >= 0.6 is 15.9 Å². The lowest BCUT2D eigenvalue weighted by atomic mass is 10.2. The number of anilines is 1. The molecule has 0 fully saturated rings. The number of hydrogen-bond donors (Lipinski definition) is 2. The molecule has 2 N–H and O–H groups in total. The Morgan fingerprint density at radius 1 is 1.23 bits per heavy atom. The fourth-order valence-corrected chi connectivity index (χ4v) is 2.30. The van der Waals surface area contributed by atoms with Crippen LogP contribution in [0.2, 0.25) is 0 Å². The third-order valence-corrected chi connectivity index (χ3v) is 3.54. The summed E-state index contributed by atoms with van der Waals surface area (Å²) >= 11 is 3.16. The molecule has 2 aromatic rings. The largest absolute Gasteiger partial charge is 0.395 e. The molecule has 22 heavy (non-hydrogen) atoms. The molecule has 0 bridgehead atoms. The van der Waals surface area contributed by atoms with Crippen molar-refractivity contribution in [2.45, 2.75) is 6.54 Å². The van der Waals surface area contributed by atoms with Crippen molar-refractivity contribution in [2.75, 3.05) is 18.5 Å². The van der Waals surface area contributed by atoms with Gasteiger partial charge in [0.15, 0.2) is 0 Å². The molecule has 0 spiro atoms. The Labute approximate surface area is 136 Å². The molecule has 0 aromatic heterocycles. The fourth-order valence-electron chi connectivity index (χ4n) is 1.96. The molecule has 6 heteroatoms. The number of urea groups is 1. The molecule has 0 aliphatic heterocycles. The molecule has 0 unspecified atom stereocenters. The minimum atomic E-state index is -0.522. The zero-order chi connectivity index (χ0) is 15.9. The maximum atomic E-state index is 13.8. The number of carbonyl (C=O) groups excluding carboxylic acids is 1. The van der Waals surface area contributed by atoms with Crippen molar-refractivity contribution in [3.05, 3.63) is 64.4 Å². The summed E-state index contributed by atoms with van der Waals surface area (Å²) in [6, 6.07) is 13.4. The molecule has 2 rings (SSSR count). The molecule has 4 nitrogen and oxygen atoms in total. The molecule has 0 aliphatic rings. The van der Waals surface area contributed by atoms with Crippen LogP contribution in [0.3, 0.4) is 0 Å². The van der Waals surface area contributed by atoms with Crippen LogP contribution in [-0.4, -0.2) is 29.2 Å². The highest BCUT2D eigenvalue weighted by atomic mass is 79.9. The van der Waals surface area contributed by atoms with Crippen LogP contribution in [0.4, 0.5) is 14.9 Å². The zero-order valence-electron chi connectivity index (χ0n) is 11.8. The van der Waals surface area contributed by atoms with E-state index in [0.717, 1.165) is 5.56 Å². The molecule has 0 atom stereocenters. The van der Waals surface area contributed by atoms with Gasteiger partial charge in [-0.05, 0) is 23.8 Å². The first-order chi connectivity index (χ1) is 10.6. The molecule has 2 aromatic carbocycles. The lowest BCUT2D eigenvalue weighted by Crippen LogP contribution is -2.36. The number of aliphatic hydroxyl groups is 1. The second kappa shape index (κ2) is 7.91. The van der Waals surface area contributed by atoms with Gasteiger partial charge in [0.25, 0.3) is 0 Å². The maximum absolute atomic E-state index is 13.8. The van der Waals surface area contributed by atoms with Crippen molar-refractivity contribution >= 4 is 27.6 Å². The molecule has 0 heterocycles. The highest BCUT2D eigenvalue weighted by Crippen LogP contribution is 2.20. The summed E-state index contributed by atoms with van der Waals surface area (Å²) in [5, 5.41) is 11.6. The standard InChI is InChI=1S/C16H16BrFN2O2/c17-13-6-7-15(14(18)10-13)19-16(22)20(8-9-21)11-12-4-2-1-3-5-12/h1-7,10,21H,8-9,11H2,(H,19,22). The van der Waals surface area contributed by atoms with E-state index in [1.54, 1.807) is 6.07 Å². The smallest absolute Gasteiger partial charge is 0.322 e. The number of nitrogens with one attached hydrogen (secondary N) is 1. The quantitative estimate of drug-likeness (QED) is 0.848. The molecular weight excluding hydrogens is 351 g/mol. The molecule has 2 amide bonds. The molecule has 0 radical (unpaired) electrons. The molecule has 116 valence electrons. The van der Waals surface area contributed by atoms with Gasteiger partial charge in [0.1, 0.15) is 5.82 Å². The topological polar surface area (TPSA) is 52.6 Å². The number of aliphatic hydroxyl groups excluding tert-OH is 1. The second-order valence-corrected chi connectivity index (χ2v) is 5.60. The van der Waals surface area contributed by atoms with E-state index in [-0.39, 0.29) is 18.8 Å². The van der Waals surface area contributed by atoms with E-state index in [1.807, 2.05) is 30.3 Å². The Balaban J connectivity index is 2.09. The second-order valence-electron chi connectivity index (χ2n) is 4.69. The van der Waals surface area contributed by atoms with Crippen LogP contribution in [-0.2, 0) is 6.54 Å². The van der Waals surface area contributed by atoms with E-state index in [1.165, 1.54) is 17.0 Å². The minimum Gasteiger partial charge on any atom is -0.395 e.